The smallest absolute Gasteiger partial charge is 0.0995 e. The highest BCUT2D eigenvalue weighted by molar-refractivity contribution is 5.38. The fourth-order valence-corrected chi connectivity index (χ4v) is 1.69. The van der Waals surface area contributed by atoms with Crippen molar-refractivity contribution in [3.05, 3.63) is 42.2 Å². The Morgan fingerprint density at radius 3 is 2.75 bits per heavy atom. The van der Waals surface area contributed by atoms with Gasteiger partial charge < -0.3 is 5.73 Å². The maximum Gasteiger partial charge on any atom is 0.0995 e. The summed E-state index contributed by atoms with van der Waals surface area (Å²) in [7, 11) is 0. The molecule has 0 unspecified atom stereocenters. The molecule has 16 heavy (non-hydrogen) atoms. The van der Waals surface area contributed by atoms with E-state index in [-0.39, 0.29) is 0 Å². The van der Waals surface area contributed by atoms with Gasteiger partial charge in [0, 0.05) is 6.20 Å². The molecule has 0 atom stereocenters. The number of aromatic nitrogens is 3. The molecule has 2 N–H and O–H groups in total. The van der Waals surface area contributed by atoms with Crippen molar-refractivity contribution in [1.82, 2.24) is 14.5 Å². The standard InChI is InChI=1S/C12H16N4/c1-9-10(5-4-6-15-9)16-8-14-7-11(16)12(2,3)13/h4-8H,13H2,1-3H3. The quantitative estimate of drug-likeness (QED) is 0.832. The number of rotatable bonds is 2. The molecule has 4 nitrogen and oxygen atoms in total. The molecule has 0 radical (unpaired) electrons. The van der Waals surface area contributed by atoms with Gasteiger partial charge in [0.15, 0.2) is 0 Å². The van der Waals surface area contributed by atoms with E-state index in [4.69, 9.17) is 5.73 Å². The van der Waals surface area contributed by atoms with Crippen molar-refractivity contribution in [2.75, 3.05) is 0 Å². The number of pyridine rings is 1. The van der Waals surface area contributed by atoms with Crippen molar-refractivity contribution in [2.45, 2.75) is 26.3 Å². The lowest BCUT2D eigenvalue weighted by Crippen LogP contribution is -2.31. The normalized spacial score (nSPS) is 11.8. The lowest BCUT2D eigenvalue weighted by Gasteiger charge is -2.21. The Hall–Kier alpha value is -1.68. The fraction of sp³-hybridized carbons (Fsp3) is 0.333. The maximum atomic E-state index is 6.11. The number of nitrogens with two attached hydrogens (primary N) is 1. The molecule has 0 spiro atoms. The summed E-state index contributed by atoms with van der Waals surface area (Å²) in [6.45, 7) is 5.90. The number of hydrogen-bond donors (Lipinski definition) is 1. The summed E-state index contributed by atoms with van der Waals surface area (Å²) in [5, 5.41) is 0. The van der Waals surface area contributed by atoms with Crippen LogP contribution in [0.3, 0.4) is 0 Å². The van der Waals surface area contributed by atoms with Gasteiger partial charge in [0.2, 0.25) is 0 Å². The monoisotopic (exact) mass is 216 g/mol. The Kier molecular flexibility index (Phi) is 2.52. The zero-order chi connectivity index (χ0) is 11.8. The third-order valence-corrected chi connectivity index (χ3v) is 2.54. The largest absolute Gasteiger partial charge is 0.321 e. The molecule has 2 aromatic rings. The third kappa shape index (κ3) is 1.84. The molecule has 0 amide bonds. The van der Waals surface area contributed by atoms with Crippen LogP contribution >= 0.6 is 0 Å². The van der Waals surface area contributed by atoms with Gasteiger partial charge in [-0.05, 0) is 32.9 Å². The van der Waals surface area contributed by atoms with Crippen LogP contribution < -0.4 is 5.73 Å². The van der Waals surface area contributed by atoms with Crippen molar-refractivity contribution in [3.63, 3.8) is 0 Å². The molecule has 2 heterocycles. The first-order chi connectivity index (χ1) is 7.50. The molecule has 2 aromatic heterocycles. The molecule has 0 bridgehead atoms. The Bertz CT molecular complexity index is 494. The van der Waals surface area contributed by atoms with Crippen LogP contribution in [0.1, 0.15) is 25.2 Å². The van der Waals surface area contributed by atoms with E-state index in [9.17, 15) is 0 Å². The Morgan fingerprint density at radius 2 is 2.12 bits per heavy atom. The molecule has 4 heteroatoms. The fourth-order valence-electron chi connectivity index (χ4n) is 1.69. The van der Waals surface area contributed by atoms with Gasteiger partial charge in [-0.15, -0.1) is 0 Å². The second-order valence-electron chi connectivity index (χ2n) is 4.48. The maximum absolute atomic E-state index is 6.11. The van der Waals surface area contributed by atoms with Crippen LogP contribution in [-0.4, -0.2) is 14.5 Å². The molecule has 2 rings (SSSR count). The molecular formula is C12H16N4. The van der Waals surface area contributed by atoms with Crippen LogP contribution in [0.5, 0.6) is 0 Å². The van der Waals surface area contributed by atoms with Crippen LogP contribution in [0.2, 0.25) is 0 Å². The van der Waals surface area contributed by atoms with Gasteiger partial charge >= 0.3 is 0 Å². The lowest BCUT2D eigenvalue weighted by atomic mass is 10.0. The van der Waals surface area contributed by atoms with Gasteiger partial charge in [-0.3, -0.25) is 9.55 Å². The molecule has 0 aliphatic carbocycles. The predicted molar refractivity (Wildman–Crippen MR) is 63.3 cm³/mol. The van der Waals surface area contributed by atoms with E-state index < -0.39 is 5.54 Å². The molecule has 0 aliphatic heterocycles. The zero-order valence-corrected chi connectivity index (χ0v) is 9.81. The van der Waals surface area contributed by atoms with Crippen LogP contribution in [0, 0.1) is 6.92 Å². The summed E-state index contributed by atoms with van der Waals surface area (Å²) in [6.07, 6.45) is 5.35. The number of imidazole rings is 1. The van der Waals surface area contributed by atoms with E-state index in [2.05, 4.69) is 9.97 Å². The molecule has 0 aromatic carbocycles. The Morgan fingerprint density at radius 1 is 1.38 bits per heavy atom. The van der Waals surface area contributed by atoms with Gasteiger partial charge in [-0.1, -0.05) is 0 Å². The van der Waals surface area contributed by atoms with E-state index in [0.29, 0.717) is 0 Å². The second kappa shape index (κ2) is 3.72. The molecule has 84 valence electrons. The highest BCUT2D eigenvalue weighted by Crippen LogP contribution is 2.21. The minimum absolute atomic E-state index is 0.418. The van der Waals surface area contributed by atoms with Crippen molar-refractivity contribution in [2.24, 2.45) is 5.73 Å². The van der Waals surface area contributed by atoms with Crippen molar-refractivity contribution in [3.8, 4) is 5.69 Å². The highest BCUT2D eigenvalue weighted by atomic mass is 15.1. The summed E-state index contributed by atoms with van der Waals surface area (Å²) in [4.78, 5) is 8.43. The van der Waals surface area contributed by atoms with Crippen molar-refractivity contribution >= 4 is 0 Å². The average Bonchev–Trinajstić information content (AvgIpc) is 2.66. The molecule has 0 fully saturated rings. The number of hydrogen-bond acceptors (Lipinski definition) is 3. The number of aryl methyl sites for hydroxylation is 1. The van der Waals surface area contributed by atoms with Gasteiger partial charge in [0.1, 0.15) is 0 Å². The van der Waals surface area contributed by atoms with Crippen molar-refractivity contribution < 1.29 is 0 Å². The summed E-state index contributed by atoms with van der Waals surface area (Å²) in [5.41, 5.74) is 8.65. The van der Waals surface area contributed by atoms with Crippen LogP contribution in [0.25, 0.3) is 5.69 Å². The third-order valence-electron chi connectivity index (χ3n) is 2.54. The topological polar surface area (TPSA) is 56.7 Å². The minimum atomic E-state index is -0.418. The lowest BCUT2D eigenvalue weighted by molar-refractivity contribution is 0.524. The van der Waals surface area contributed by atoms with Gasteiger partial charge in [0.25, 0.3) is 0 Å². The summed E-state index contributed by atoms with van der Waals surface area (Å²) in [6, 6.07) is 3.93. The minimum Gasteiger partial charge on any atom is -0.321 e. The average molecular weight is 216 g/mol. The van der Waals surface area contributed by atoms with Crippen LogP contribution in [-0.2, 0) is 5.54 Å². The molecule has 0 aliphatic rings. The van der Waals surface area contributed by atoms with Crippen molar-refractivity contribution in [1.29, 1.82) is 0 Å². The predicted octanol–water partition coefficient (Wildman–Crippen LogP) is 1.77. The highest BCUT2D eigenvalue weighted by Gasteiger charge is 2.20. The molecule has 0 saturated heterocycles. The first kappa shape index (κ1) is 10.8. The number of nitrogens with zero attached hydrogens (tertiary/aromatic N) is 3. The molecule has 0 saturated carbocycles. The van der Waals surface area contributed by atoms with Crippen LogP contribution in [0.15, 0.2) is 30.9 Å². The zero-order valence-electron chi connectivity index (χ0n) is 9.81. The first-order valence-electron chi connectivity index (χ1n) is 5.24. The van der Waals surface area contributed by atoms with Gasteiger partial charge in [-0.2, -0.15) is 0 Å². The summed E-state index contributed by atoms with van der Waals surface area (Å²) < 4.78 is 1.99. The van der Waals surface area contributed by atoms with Crippen LogP contribution in [0.4, 0.5) is 0 Å². The second-order valence-corrected chi connectivity index (χ2v) is 4.48. The first-order valence-corrected chi connectivity index (χ1v) is 5.24. The van der Waals surface area contributed by atoms with E-state index in [1.807, 2.05) is 37.5 Å². The van der Waals surface area contributed by atoms with Gasteiger partial charge in [0.05, 0.1) is 35.1 Å². The summed E-state index contributed by atoms with van der Waals surface area (Å²) >= 11 is 0. The van der Waals surface area contributed by atoms with E-state index in [0.717, 1.165) is 17.1 Å². The van der Waals surface area contributed by atoms with E-state index in [1.165, 1.54) is 0 Å². The van der Waals surface area contributed by atoms with Gasteiger partial charge in [-0.25, -0.2) is 4.98 Å². The SMILES string of the molecule is Cc1ncccc1-n1cncc1C(C)(C)N. The Balaban J connectivity index is 2.58. The van der Waals surface area contributed by atoms with E-state index in [1.54, 1.807) is 18.7 Å². The molecular weight excluding hydrogens is 200 g/mol. The van der Waals surface area contributed by atoms with E-state index >= 15 is 0 Å². The Labute approximate surface area is 95.1 Å². The summed E-state index contributed by atoms with van der Waals surface area (Å²) in [5.74, 6) is 0.